The van der Waals surface area contributed by atoms with Crippen molar-refractivity contribution >= 4 is 44.2 Å². The second kappa shape index (κ2) is 6.27. The van der Waals surface area contributed by atoms with Crippen molar-refractivity contribution in [3.8, 4) is 0 Å². The largest absolute Gasteiger partial charge is 0.327 e. The number of hydrogen-bond acceptors (Lipinski definition) is 3. The average molecular weight is 140 g/mol. The van der Waals surface area contributed by atoms with E-state index in [1.54, 1.807) is 0 Å². The molecule has 0 aliphatic heterocycles. The minimum atomic E-state index is -2.76. The SMILES string of the molecule is O=[PH](O)OS.[MgH2]. The quantitative estimate of drug-likeness (QED) is 0.219. The first-order chi connectivity index (χ1) is 2.27. The van der Waals surface area contributed by atoms with E-state index in [1.807, 2.05) is 0 Å². The van der Waals surface area contributed by atoms with Gasteiger partial charge in [0.05, 0.1) is 0 Å². The Bertz CT molecular complexity index is 46.1. The molecule has 0 saturated carbocycles. The fraction of sp³-hybridized carbons (Fsp3) is 0. The zero-order valence-corrected chi connectivity index (χ0v) is 4.11. The highest BCUT2D eigenvalue weighted by molar-refractivity contribution is 7.79. The maximum Gasteiger partial charge on any atom is 0.327 e. The molecule has 0 amide bonds. The van der Waals surface area contributed by atoms with E-state index in [4.69, 9.17) is 4.89 Å². The molecule has 0 fully saturated rings. The molecule has 36 valence electrons. The zero-order valence-electron chi connectivity index (χ0n) is 2.21. The predicted octanol–water partition coefficient (Wildman–Crippen LogP) is -0.686. The Kier molecular flexibility index (Phi) is 10.7. The third-order valence-corrected chi connectivity index (χ3v) is 0.703. The van der Waals surface area contributed by atoms with Crippen LogP contribution < -0.4 is 0 Å². The molecule has 0 saturated heterocycles. The molecule has 0 rings (SSSR count). The van der Waals surface area contributed by atoms with E-state index in [-0.39, 0.29) is 23.1 Å². The van der Waals surface area contributed by atoms with Crippen molar-refractivity contribution in [2.24, 2.45) is 0 Å². The van der Waals surface area contributed by atoms with Crippen LogP contribution in [0.15, 0.2) is 0 Å². The van der Waals surface area contributed by atoms with E-state index in [9.17, 15) is 4.57 Å². The van der Waals surface area contributed by atoms with Crippen LogP contribution in [0.4, 0.5) is 0 Å². The maximum atomic E-state index is 9.25. The van der Waals surface area contributed by atoms with Crippen molar-refractivity contribution in [3.63, 3.8) is 0 Å². The summed E-state index contributed by atoms with van der Waals surface area (Å²) in [4.78, 5) is 7.61. The minimum Gasteiger partial charge on any atom is -0.326 e. The van der Waals surface area contributed by atoms with Crippen molar-refractivity contribution in [2.45, 2.75) is 0 Å². The minimum absolute atomic E-state index is 0. The van der Waals surface area contributed by atoms with Crippen molar-refractivity contribution in [2.75, 3.05) is 0 Å². The van der Waals surface area contributed by atoms with Gasteiger partial charge in [0.1, 0.15) is 0 Å². The molecule has 6 heteroatoms. The lowest BCUT2D eigenvalue weighted by atomic mass is 15.8. The third-order valence-electron chi connectivity index (χ3n) is 0.0781. The van der Waals surface area contributed by atoms with Crippen LogP contribution in [-0.2, 0) is 8.54 Å². The summed E-state index contributed by atoms with van der Waals surface area (Å²) in [5.41, 5.74) is 0. The van der Waals surface area contributed by atoms with Crippen LogP contribution in [0.2, 0.25) is 0 Å². The molecular weight excluding hydrogens is 135 g/mol. The fourth-order valence-electron chi connectivity index (χ4n) is 0. The summed E-state index contributed by atoms with van der Waals surface area (Å²) in [5, 5.41) is 0. The molecular formula is H5MgO3PS. The van der Waals surface area contributed by atoms with Crippen LogP contribution in [-0.4, -0.2) is 27.9 Å². The maximum absolute atomic E-state index is 9.25. The van der Waals surface area contributed by atoms with Crippen LogP contribution in [0.5, 0.6) is 0 Å². The van der Waals surface area contributed by atoms with E-state index in [0.717, 1.165) is 0 Å². The lowest BCUT2D eigenvalue weighted by molar-refractivity contribution is 0.435. The molecule has 0 bridgehead atoms. The van der Waals surface area contributed by atoms with Crippen LogP contribution >= 0.6 is 21.2 Å². The van der Waals surface area contributed by atoms with E-state index in [2.05, 4.69) is 16.9 Å². The van der Waals surface area contributed by atoms with Gasteiger partial charge >= 0.3 is 31.3 Å². The molecule has 0 aromatic rings. The normalized spacial score (nSPS) is 12.3. The van der Waals surface area contributed by atoms with Gasteiger partial charge in [-0.3, -0.25) is 4.57 Å². The first-order valence-electron chi connectivity index (χ1n) is 0.814. The Balaban J connectivity index is 0. The Morgan fingerprint density at radius 3 is 2.00 bits per heavy atom. The number of hydrogen-bond donors (Lipinski definition) is 2. The lowest BCUT2D eigenvalue weighted by Crippen LogP contribution is -1.46. The van der Waals surface area contributed by atoms with Gasteiger partial charge in [0.15, 0.2) is 0 Å². The molecule has 0 spiro atoms. The number of thiol groups is 1. The van der Waals surface area contributed by atoms with E-state index in [0.29, 0.717) is 0 Å². The highest BCUT2D eigenvalue weighted by atomic mass is 32.1. The van der Waals surface area contributed by atoms with Crippen LogP contribution in [0.1, 0.15) is 0 Å². The summed E-state index contributed by atoms with van der Waals surface area (Å²) >= 11 is 3.00. The molecule has 0 aromatic carbocycles. The summed E-state index contributed by atoms with van der Waals surface area (Å²) in [6, 6.07) is 0. The fourth-order valence-corrected chi connectivity index (χ4v) is 0. The van der Waals surface area contributed by atoms with Gasteiger partial charge in [0.2, 0.25) is 0 Å². The van der Waals surface area contributed by atoms with Gasteiger partial charge in [-0.25, -0.2) is 3.97 Å². The third kappa shape index (κ3) is 8.98. The van der Waals surface area contributed by atoms with Gasteiger partial charge in [-0.1, -0.05) is 0 Å². The van der Waals surface area contributed by atoms with Crippen LogP contribution in [0.25, 0.3) is 0 Å². The smallest absolute Gasteiger partial charge is 0.326 e. The topological polar surface area (TPSA) is 46.5 Å². The van der Waals surface area contributed by atoms with Crippen LogP contribution in [0, 0.1) is 0 Å². The monoisotopic (exact) mass is 140 g/mol. The van der Waals surface area contributed by atoms with Gasteiger partial charge in [-0.05, 0) is 12.9 Å². The zero-order chi connectivity index (χ0) is 4.28. The van der Waals surface area contributed by atoms with Gasteiger partial charge in [-0.2, -0.15) is 0 Å². The first-order valence-corrected chi connectivity index (χ1v) is 2.44. The highest BCUT2D eigenvalue weighted by Gasteiger charge is 1.76. The van der Waals surface area contributed by atoms with E-state index in [1.165, 1.54) is 0 Å². The molecule has 1 atom stereocenters. The molecule has 0 aliphatic rings. The van der Waals surface area contributed by atoms with E-state index < -0.39 is 8.25 Å². The summed E-state index contributed by atoms with van der Waals surface area (Å²) in [6.45, 7) is 0. The standard InChI is InChI=1S/Mg.H3O3PS.2H/c;1-4(2)3-5;;/h;4-5H,(H,1,2);;. The summed E-state index contributed by atoms with van der Waals surface area (Å²) in [6.07, 6.45) is 0. The average Bonchev–Trinajstić information content (AvgIpc) is 1.38. The predicted molar refractivity (Wildman–Crippen MR) is 29.8 cm³/mol. The molecule has 6 heavy (non-hydrogen) atoms. The molecule has 3 nitrogen and oxygen atoms in total. The Labute approximate surface area is 57.8 Å². The Hall–Kier alpha value is 1.27. The van der Waals surface area contributed by atoms with Crippen molar-refractivity contribution < 1.29 is 13.4 Å². The molecule has 0 aromatic heterocycles. The van der Waals surface area contributed by atoms with Crippen LogP contribution in [0.3, 0.4) is 0 Å². The lowest BCUT2D eigenvalue weighted by Gasteiger charge is -1.76. The van der Waals surface area contributed by atoms with Gasteiger partial charge in [0, 0.05) is 0 Å². The van der Waals surface area contributed by atoms with E-state index >= 15 is 0 Å². The molecule has 0 heterocycles. The molecule has 1 N–H and O–H groups in total. The van der Waals surface area contributed by atoms with Crippen molar-refractivity contribution in [3.05, 3.63) is 0 Å². The first kappa shape index (κ1) is 10.3. The summed E-state index contributed by atoms with van der Waals surface area (Å²) in [5.74, 6) is 0. The summed E-state index contributed by atoms with van der Waals surface area (Å²) in [7, 11) is -2.76. The second-order valence-electron chi connectivity index (χ2n) is 0.357. The van der Waals surface area contributed by atoms with Gasteiger partial charge in [-0.15, -0.1) is 0 Å². The molecule has 1 unspecified atom stereocenters. The Morgan fingerprint density at radius 2 is 2.00 bits per heavy atom. The Morgan fingerprint density at radius 1 is 1.83 bits per heavy atom. The summed E-state index contributed by atoms with van der Waals surface area (Å²) < 4.78 is 12.8. The van der Waals surface area contributed by atoms with Gasteiger partial charge in [0.25, 0.3) is 0 Å². The van der Waals surface area contributed by atoms with Crippen molar-refractivity contribution in [1.29, 1.82) is 0 Å². The second-order valence-corrected chi connectivity index (χ2v) is 1.62. The highest BCUT2D eigenvalue weighted by Crippen LogP contribution is 2.14. The van der Waals surface area contributed by atoms with Gasteiger partial charge < -0.3 is 4.89 Å². The number of rotatable bonds is 1. The molecule has 0 radical (unpaired) electrons. The van der Waals surface area contributed by atoms with Crippen molar-refractivity contribution in [1.82, 2.24) is 0 Å². The molecule has 0 aliphatic carbocycles.